The third-order valence-corrected chi connectivity index (χ3v) is 2.56. The van der Waals surface area contributed by atoms with Crippen LogP contribution in [0.5, 0.6) is 0 Å². The molecular formula is C12H12N2O4. The van der Waals surface area contributed by atoms with Crippen LogP contribution in [0.25, 0.3) is 10.9 Å². The fourth-order valence-corrected chi connectivity index (χ4v) is 1.57. The summed E-state index contributed by atoms with van der Waals surface area (Å²) in [6.07, 6.45) is 0.172. The number of aliphatic hydroxyl groups excluding tert-OH is 1. The monoisotopic (exact) mass is 248 g/mol. The summed E-state index contributed by atoms with van der Waals surface area (Å²) in [5.74, 6) is -1.78. The average molecular weight is 248 g/mol. The van der Waals surface area contributed by atoms with Crippen molar-refractivity contribution in [1.29, 1.82) is 0 Å². The zero-order valence-corrected chi connectivity index (χ0v) is 9.38. The van der Waals surface area contributed by atoms with E-state index in [9.17, 15) is 9.59 Å². The maximum absolute atomic E-state index is 11.7. The minimum absolute atomic E-state index is 0.320. The summed E-state index contributed by atoms with van der Waals surface area (Å²) >= 11 is 0. The number of carbonyl (C=O) groups excluding carboxylic acids is 1. The van der Waals surface area contributed by atoms with Gasteiger partial charge < -0.3 is 20.5 Å². The lowest BCUT2D eigenvalue weighted by atomic mass is 10.1. The summed E-state index contributed by atoms with van der Waals surface area (Å²) in [6.45, 7) is -0.320. The zero-order valence-electron chi connectivity index (χ0n) is 9.38. The average Bonchev–Trinajstić information content (AvgIpc) is 2.82. The first-order valence-electron chi connectivity index (χ1n) is 5.34. The van der Waals surface area contributed by atoms with Crippen molar-refractivity contribution in [3.05, 3.63) is 36.0 Å². The topological polar surface area (TPSA) is 102 Å². The van der Waals surface area contributed by atoms with Crippen LogP contribution in [0.3, 0.4) is 0 Å². The molecule has 1 amide bonds. The van der Waals surface area contributed by atoms with E-state index in [1.807, 2.05) is 6.07 Å². The zero-order chi connectivity index (χ0) is 13.1. The van der Waals surface area contributed by atoms with E-state index >= 15 is 0 Å². The van der Waals surface area contributed by atoms with E-state index in [4.69, 9.17) is 10.2 Å². The Morgan fingerprint density at radius 1 is 1.33 bits per heavy atom. The van der Waals surface area contributed by atoms with Gasteiger partial charge in [0.25, 0.3) is 5.91 Å². The predicted octanol–water partition coefficient (Wildman–Crippen LogP) is 0.343. The summed E-state index contributed by atoms with van der Waals surface area (Å²) in [4.78, 5) is 25.1. The largest absolute Gasteiger partial charge is 0.479 e. The summed E-state index contributed by atoms with van der Waals surface area (Å²) in [5.41, 5.74) is 1.33. The molecule has 0 fully saturated rings. The van der Waals surface area contributed by atoms with Gasteiger partial charge in [-0.05, 0) is 24.3 Å². The van der Waals surface area contributed by atoms with Gasteiger partial charge in [0.1, 0.15) is 0 Å². The Bertz CT molecular complexity index is 591. The van der Waals surface area contributed by atoms with Gasteiger partial charge in [-0.2, -0.15) is 0 Å². The smallest absolute Gasteiger partial charge is 0.334 e. The Balaban J connectivity index is 2.06. The van der Waals surface area contributed by atoms with Gasteiger partial charge in [-0.3, -0.25) is 4.79 Å². The second-order valence-electron chi connectivity index (χ2n) is 3.84. The lowest BCUT2D eigenvalue weighted by Gasteiger charge is -2.07. The summed E-state index contributed by atoms with van der Waals surface area (Å²) in [7, 11) is 0. The summed E-state index contributed by atoms with van der Waals surface area (Å²) in [5, 5.41) is 20.8. The van der Waals surface area contributed by atoms with Gasteiger partial charge >= 0.3 is 5.97 Å². The van der Waals surface area contributed by atoms with E-state index in [0.29, 0.717) is 5.56 Å². The standard InChI is InChI=1S/C12H12N2O4/c15-10(12(17)18)6-14-11(16)8-1-2-9-7(5-8)3-4-13-9/h1-5,10,13,15H,6H2,(H,14,16)(H,17,18). The maximum Gasteiger partial charge on any atom is 0.334 e. The number of carboxylic acids is 1. The van der Waals surface area contributed by atoms with Crippen LogP contribution in [0.15, 0.2) is 30.5 Å². The van der Waals surface area contributed by atoms with Crippen molar-refractivity contribution in [3.8, 4) is 0 Å². The molecule has 2 aromatic rings. The molecule has 0 saturated heterocycles. The first-order chi connectivity index (χ1) is 8.58. The fourth-order valence-electron chi connectivity index (χ4n) is 1.57. The minimum Gasteiger partial charge on any atom is -0.479 e. The van der Waals surface area contributed by atoms with Gasteiger partial charge in [0.15, 0.2) is 6.10 Å². The summed E-state index contributed by atoms with van der Waals surface area (Å²) in [6, 6.07) is 6.91. The molecule has 6 nitrogen and oxygen atoms in total. The number of aliphatic carboxylic acids is 1. The van der Waals surface area contributed by atoms with E-state index in [2.05, 4.69) is 10.3 Å². The molecule has 1 heterocycles. The van der Waals surface area contributed by atoms with Crippen molar-refractivity contribution in [1.82, 2.24) is 10.3 Å². The number of carboxylic acid groups (broad SMARTS) is 1. The maximum atomic E-state index is 11.7. The van der Waals surface area contributed by atoms with Crippen LogP contribution >= 0.6 is 0 Å². The number of hydrogen-bond donors (Lipinski definition) is 4. The first-order valence-corrected chi connectivity index (χ1v) is 5.34. The van der Waals surface area contributed by atoms with Crippen LogP contribution in [0.4, 0.5) is 0 Å². The van der Waals surface area contributed by atoms with E-state index in [1.165, 1.54) is 0 Å². The molecule has 0 aliphatic carbocycles. The molecule has 18 heavy (non-hydrogen) atoms. The number of hydrogen-bond acceptors (Lipinski definition) is 3. The Hall–Kier alpha value is -2.34. The third-order valence-electron chi connectivity index (χ3n) is 2.56. The van der Waals surface area contributed by atoms with Gasteiger partial charge in [0.2, 0.25) is 0 Å². The molecular weight excluding hydrogens is 236 g/mol. The van der Waals surface area contributed by atoms with E-state index < -0.39 is 18.0 Å². The molecule has 0 spiro atoms. The van der Waals surface area contributed by atoms with E-state index in [-0.39, 0.29) is 6.54 Å². The van der Waals surface area contributed by atoms with Gasteiger partial charge in [0, 0.05) is 22.7 Å². The Morgan fingerprint density at radius 3 is 2.83 bits per heavy atom. The number of aromatic amines is 1. The van der Waals surface area contributed by atoms with Crippen LogP contribution < -0.4 is 5.32 Å². The molecule has 1 atom stereocenters. The Kier molecular flexibility index (Phi) is 3.29. The Labute approximate surface area is 102 Å². The Morgan fingerprint density at radius 2 is 2.11 bits per heavy atom. The van der Waals surface area contributed by atoms with Crippen molar-refractivity contribution in [2.24, 2.45) is 0 Å². The molecule has 1 aromatic carbocycles. The molecule has 0 aliphatic heterocycles. The number of nitrogens with one attached hydrogen (secondary N) is 2. The number of carbonyl (C=O) groups is 2. The molecule has 0 saturated carbocycles. The van der Waals surface area contributed by atoms with Crippen LogP contribution in [-0.4, -0.2) is 39.7 Å². The molecule has 0 bridgehead atoms. The van der Waals surface area contributed by atoms with Crippen LogP contribution in [0.2, 0.25) is 0 Å². The number of aliphatic hydroxyl groups is 1. The number of fused-ring (bicyclic) bond motifs is 1. The highest BCUT2D eigenvalue weighted by Crippen LogP contribution is 2.14. The normalized spacial score (nSPS) is 12.3. The SMILES string of the molecule is O=C(NCC(O)C(=O)O)c1ccc2[nH]ccc2c1. The molecule has 1 unspecified atom stereocenters. The molecule has 4 N–H and O–H groups in total. The van der Waals surface area contributed by atoms with Crippen molar-refractivity contribution >= 4 is 22.8 Å². The van der Waals surface area contributed by atoms with Crippen molar-refractivity contribution in [3.63, 3.8) is 0 Å². The van der Waals surface area contributed by atoms with Crippen LogP contribution in [0, 0.1) is 0 Å². The van der Waals surface area contributed by atoms with Crippen molar-refractivity contribution in [2.75, 3.05) is 6.54 Å². The fraction of sp³-hybridized carbons (Fsp3) is 0.167. The summed E-state index contributed by atoms with van der Waals surface area (Å²) < 4.78 is 0. The van der Waals surface area contributed by atoms with Gasteiger partial charge in [-0.15, -0.1) is 0 Å². The molecule has 2 rings (SSSR count). The number of amides is 1. The number of H-pyrrole nitrogens is 1. The highest BCUT2D eigenvalue weighted by Gasteiger charge is 2.15. The molecule has 0 aliphatic rings. The number of aromatic nitrogens is 1. The molecule has 1 aromatic heterocycles. The lowest BCUT2D eigenvalue weighted by molar-refractivity contribution is -0.146. The highest BCUT2D eigenvalue weighted by molar-refractivity contribution is 5.98. The van der Waals surface area contributed by atoms with Gasteiger partial charge in [-0.25, -0.2) is 4.79 Å². The molecule has 6 heteroatoms. The quantitative estimate of drug-likeness (QED) is 0.626. The second kappa shape index (κ2) is 4.89. The van der Waals surface area contributed by atoms with E-state index in [1.54, 1.807) is 24.4 Å². The van der Waals surface area contributed by atoms with Crippen LogP contribution in [0.1, 0.15) is 10.4 Å². The van der Waals surface area contributed by atoms with Crippen LogP contribution in [-0.2, 0) is 4.79 Å². The second-order valence-corrected chi connectivity index (χ2v) is 3.84. The van der Waals surface area contributed by atoms with E-state index in [0.717, 1.165) is 10.9 Å². The van der Waals surface area contributed by atoms with Crippen molar-refractivity contribution in [2.45, 2.75) is 6.10 Å². The number of rotatable bonds is 4. The predicted molar refractivity (Wildman–Crippen MR) is 64.3 cm³/mol. The molecule has 0 radical (unpaired) electrons. The highest BCUT2D eigenvalue weighted by atomic mass is 16.4. The lowest BCUT2D eigenvalue weighted by Crippen LogP contribution is -2.36. The molecule has 94 valence electrons. The van der Waals surface area contributed by atoms with Gasteiger partial charge in [-0.1, -0.05) is 0 Å². The third kappa shape index (κ3) is 2.49. The first kappa shape index (κ1) is 12.1. The van der Waals surface area contributed by atoms with Crippen molar-refractivity contribution < 1.29 is 19.8 Å². The van der Waals surface area contributed by atoms with Gasteiger partial charge in [0.05, 0.1) is 6.54 Å². The minimum atomic E-state index is -1.59. The number of benzene rings is 1.